The van der Waals surface area contributed by atoms with E-state index < -0.39 is 17.5 Å². The Morgan fingerprint density at radius 3 is 2.24 bits per heavy atom. The lowest BCUT2D eigenvalue weighted by Crippen LogP contribution is -2.12. The highest BCUT2D eigenvalue weighted by Gasteiger charge is 2.12. The molecule has 0 saturated carbocycles. The lowest BCUT2D eigenvalue weighted by Gasteiger charge is -2.08. The molecule has 7 nitrogen and oxygen atoms in total. The number of hydrogen-bond donors (Lipinski definition) is 2. The van der Waals surface area contributed by atoms with E-state index in [1.54, 1.807) is 54.3 Å². The Morgan fingerprint density at radius 2 is 1.56 bits per heavy atom. The molecule has 4 aromatic rings. The minimum Gasteiger partial charge on any atom is -0.497 e. The number of halogens is 2. The fourth-order valence-corrected chi connectivity index (χ4v) is 3.18. The van der Waals surface area contributed by atoms with Crippen LogP contribution >= 0.6 is 0 Å². The molecule has 0 bridgehead atoms. The molecule has 0 aliphatic rings. The van der Waals surface area contributed by atoms with Gasteiger partial charge in [0.2, 0.25) is 0 Å². The maximum absolute atomic E-state index is 13.3. The zero-order valence-corrected chi connectivity index (χ0v) is 18.1. The average molecular weight is 462 g/mol. The highest BCUT2D eigenvalue weighted by Crippen LogP contribution is 2.16. The average Bonchev–Trinajstić information content (AvgIpc) is 3.31. The molecule has 0 fully saturated rings. The Hall–Kier alpha value is -4.53. The number of methoxy groups -OCH3 is 1. The maximum Gasteiger partial charge on any atom is 0.275 e. The van der Waals surface area contributed by atoms with Gasteiger partial charge in [-0.15, -0.1) is 0 Å². The van der Waals surface area contributed by atoms with E-state index in [1.165, 1.54) is 12.4 Å². The van der Waals surface area contributed by atoms with Crippen LogP contribution in [-0.4, -0.2) is 28.5 Å². The summed E-state index contributed by atoms with van der Waals surface area (Å²) in [6, 6.07) is 17.2. The van der Waals surface area contributed by atoms with Gasteiger partial charge in [0.05, 0.1) is 13.4 Å². The summed E-state index contributed by atoms with van der Waals surface area (Å²) < 4.78 is 33.2. The van der Waals surface area contributed by atoms with Crippen LogP contribution in [0.5, 0.6) is 5.75 Å². The minimum atomic E-state index is -1.05. The number of carbonyl (C=O) groups is 2. The van der Waals surface area contributed by atoms with Crippen molar-refractivity contribution in [3.05, 3.63) is 108 Å². The lowest BCUT2D eigenvalue weighted by molar-refractivity contribution is 0.101. The summed E-state index contributed by atoms with van der Waals surface area (Å²) in [5.41, 5.74) is 2.34. The molecule has 2 amide bonds. The van der Waals surface area contributed by atoms with E-state index in [0.29, 0.717) is 23.5 Å². The fourth-order valence-electron chi connectivity index (χ4n) is 3.18. The van der Waals surface area contributed by atoms with Crippen molar-refractivity contribution in [3.63, 3.8) is 0 Å². The molecule has 1 aromatic heterocycles. The molecule has 172 valence electrons. The van der Waals surface area contributed by atoms with Gasteiger partial charge >= 0.3 is 0 Å². The third-order valence-electron chi connectivity index (χ3n) is 4.97. The van der Waals surface area contributed by atoms with Crippen LogP contribution in [0.3, 0.4) is 0 Å². The maximum atomic E-state index is 13.3. The van der Waals surface area contributed by atoms with Crippen LogP contribution in [0, 0.1) is 11.6 Å². The van der Waals surface area contributed by atoms with Gasteiger partial charge in [-0.1, -0.05) is 12.1 Å². The second kappa shape index (κ2) is 9.95. The highest BCUT2D eigenvalue weighted by atomic mass is 19.2. The van der Waals surface area contributed by atoms with E-state index in [-0.39, 0.29) is 17.3 Å². The molecule has 9 heteroatoms. The molecule has 4 rings (SSSR count). The molecular weight excluding hydrogens is 442 g/mol. The van der Waals surface area contributed by atoms with Crippen molar-refractivity contribution < 1.29 is 23.1 Å². The van der Waals surface area contributed by atoms with Crippen LogP contribution in [0.2, 0.25) is 0 Å². The van der Waals surface area contributed by atoms with Crippen molar-refractivity contribution in [1.29, 1.82) is 0 Å². The first-order valence-electron chi connectivity index (χ1n) is 10.2. The molecule has 1 heterocycles. The third-order valence-corrected chi connectivity index (χ3v) is 4.97. The number of ether oxygens (including phenoxy) is 1. The first-order valence-corrected chi connectivity index (χ1v) is 10.2. The Morgan fingerprint density at radius 1 is 0.882 bits per heavy atom. The molecule has 3 aromatic carbocycles. The lowest BCUT2D eigenvalue weighted by atomic mass is 10.1. The number of imidazole rings is 1. The zero-order valence-electron chi connectivity index (χ0n) is 18.1. The molecule has 0 aliphatic carbocycles. The zero-order chi connectivity index (χ0) is 24.1. The van der Waals surface area contributed by atoms with E-state index in [1.807, 2.05) is 12.1 Å². The van der Waals surface area contributed by atoms with Crippen molar-refractivity contribution in [2.75, 3.05) is 17.7 Å². The number of carbonyl (C=O) groups excluding carboxylic acids is 2. The van der Waals surface area contributed by atoms with Crippen molar-refractivity contribution in [1.82, 2.24) is 9.55 Å². The number of nitrogens with one attached hydrogen (secondary N) is 2. The van der Waals surface area contributed by atoms with Gasteiger partial charge in [0.25, 0.3) is 11.8 Å². The van der Waals surface area contributed by atoms with Crippen molar-refractivity contribution >= 4 is 23.2 Å². The molecule has 0 aliphatic heterocycles. The SMILES string of the molecule is COc1ccc(C(=O)Nc2ccc(Cn3cnc(C(=O)Nc4ccc(F)c(F)c4)c3)cc2)cc1. The predicted molar refractivity (Wildman–Crippen MR) is 123 cm³/mol. The molecule has 0 spiro atoms. The van der Waals surface area contributed by atoms with Crippen LogP contribution in [-0.2, 0) is 6.54 Å². The Labute approximate surface area is 194 Å². The van der Waals surface area contributed by atoms with E-state index in [0.717, 1.165) is 17.7 Å². The van der Waals surface area contributed by atoms with E-state index in [9.17, 15) is 18.4 Å². The van der Waals surface area contributed by atoms with Gasteiger partial charge in [0.15, 0.2) is 11.6 Å². The number of benzene rings is 3. The van der Waals surface area contributed by atoms with Crippen LogP contribution in [0.15, 0.2) is 79.3 Å². The monoisotopic (exact) mass is 462 g/mol. The van der Waals surface area contributed by atoms with Gasteiger partial charge in [-0.25, -0.2) is 13.8 Å². The number of aromatic nitrogens is 2. The number of hydrogen-bond acceptors (Lipinski definition) is 4. The Balaban J connectivity index is 1.34. The molecule has 2 N–H and O–H groups in total. The standard InChI is InChI=1S/C25H20F2N4O3/c1-34-20-9-4-17(5-10-20)24(32)29-18-6-2-16(3-7-18)13-31-14-23(28-15-31)25(33)30-19-8-11-21(26)22(27)12-19/h2-12,14-15H,13H2,1H3,(H,29,32)(H,30,33). The molecular formula is C25H20F2N4O3. The van der Waals surface area contributed by atoms with Crippen molar-refractivity contribution in [2.45, 2.75) is 6.54 Å². The van der Waals surface area contributed by atoms with E-state index in [2.05, 4.69) is 15.6 Å². The van der Waals surface area contributed by atoms with Gasteiger partial charge in [0, 0.05) is 35.7 Å². The first kappa shape index (κ1) is 22.7. The summed E-state index contributed by atoms with van der Waals surface area (Å²) in [7, 11) is 1.56. The van der Waals surface area contributed by atoms with Gasteiger partial charge in [0.1, 0.15) is 11.4 Å². The summed E-state index contributed by atoms with van der Waals surface area (Å²) in [5.74, 6) is -2.14. The fraction of sp³-hybridized carbons (Fsp3) is 0.0800. The highest BCUT2D eigenvalue weighted by molar-refractivity contribution is 6.04. The molecule has 0 atom stereocenters. The van der Waals surface area contributed by atoms with Crippen LogP contribution in [0.4, 0.5) is 20.2 Å². The second-order valence-corrected chi connectivity index (χ2v) is 7.39. The van der Waals surface area contributed by atoms with Gasteiger partial charge < -0.3 is 19.9 Å². The number of anilines is 2. The molecule has 0 saturated heterocycles. The first-order chi connectivity index (χ1) is 16.4. The Kier molecular flexibility index (Phi) is 6.63. The van der Waals surface area contributed by atoms with Crippen LogP contribution < -0.4 is 15.4 Å². The van der Waals surface area contributed by atoms with Crippen molar-refractivity contribution in [3.8, 4) is 5.75 Å². The quantitative estimate of drug-likeness (QED) is 0.416. The van der Waals surface area contributed by atoms with Gasteiger partial charge in [-0.05, 0) is 54.1 Å². The van der Waals surface area contributed by atoms with Gasteiger partial charge in [-0.2, -0.15) is 0 Å². The summed E-state index contributed by atoms with van der Waals surface area (Å²) in [5, 5.41) is 5.31. The summed E-state index contributed by atoms with van der Waals surface area (Å²) in [6.07, 6.45) is 3.05. The largest absolute Gasteiger partial charge is 0.497 e. The summed E-state index contributed by atoms with van der Waals surface area (Å²) in [6.45, 7) is 0.443. The van der Waals surface area contributed by atoms with Crippen molar-refractivity contribution in [2.24, 2.45) is 0 Å². The number of amides is 2. The summed E-state index contributed by atoms with van der Waals surface area (Å²) in [4.78, 5) is 28.8. The third kappa shape index (κ3) is 5.44. The van der Waals surface area contributed by atoms with E-state index >= 15 is 0 Å². The number of rotatable bonds is 7. The van der Waals surface area contributed by atoms with Crippen LogP contribution in [0.25, 0.3) is 0 Å². The van der Waals surface area contributed by atoms with Crippen LogP contribution in [0.1, 0.15) is 26.4 Å². The predicted octanol–water partition coefficient (Wildman–Crippen LogP) is 4.72. The topological polar surface area (TPSA) is 85.2 Å². The Bertz CT molecular complexity index is 1320. The normalized spacial score (nSPS) is 10.6. The second-order valence-electron chi connectivity index (χ2n) is 7.39. The number of nitrogens with zero attached hydrogens (tertiary/aromatic N) is 2. The molecule has 34 heavy (non-hydrogen) atoms. The van der Waals surface area contributed by atoms with Gasteiger partial charge in [-0.3, -0.25) is 9.59 Å². The molecule has 0 unspecified atom stereocenters. The smallest absolute Gasteiger partial charge is 0.275 e. The minimum absolute atomic E-state index is 0.130. The molecule has 0 radical (unpaired) electrons. The van der Waals surface area contributed by atoms with E-state index in [4.69, 9.17) is 4.74 Å². The summed E-state index contributed by atoms with van der Waals surface area (Å²) >= 11 is 0.